The van der Waals surface area contributed by atoms with Crippen molar-refractivity contribution in [3.05, 3.63) is 53.6 Å². The maximum atomic E-state index is 12.3. The highest BCUT2D eigenvalue weighted by atomic mass is 32.2. The number of carbonyl (C=O) groups is 1. The minimum absolute atomic E-state index is 0.321. The Morgan fingerprint density at radius 2 is 1.87 bits per heavy atom. The van der Waals surface area contributed by atoms with Crippen LogP contribution < -0.4 is 19.2 Å². The van der Waals surface area contributed by atoms with Crippen LogP contribution in [0, 0.1) is 0 Å². The molecule has 3 rings (SSSR count). The summed E-state index contributed by atoms with van der Waals surface area (Å²) in [4.78, 5) is 12.3. The van der Waals surface area contributed by atoms with Crippen LogP contribution in [-0.4, -0.2) is 46.6 Å². The van der Waals surface area contributed by atoms with Gasteiger partial charge in [0, 0.05) is 5.56 Å². The van der Waals surface area contributed by atoms with E-state index in [2.05, 4.69) is 24.4 Å². The van der Waals surface area contributed by atoms with Gasteiger partial charge < -0.3 is 9.47 Å². The number of ether oxygens (including phenoxy) is 2. The van der Waals surface area contributed by atoms with Crippen LogP contribution in [0.2, 0.25) is 0 Å². The number of carbonyl (C=O) groups excluding carboxylic acids is 1. The van der Waals surface area contributed by atoms with Gasteiger partial charge in [-0.05, 0) is 35.7 Å². The summed E-state index contributed by atoms with van der Waals surface area (Å²) in [5.74, 6) is 0.933. The molecule has 30 heavy (non-hydrogen) atoms. The van der Waals surface area contributed by atoms with Crippen LogP contribution in [0.5, 0.6) is 11.5 Å². The number of hydrogen-bond acceptors (Lipinski definition) is 6. The molecule has 0 aromatic heterocycles. The van der Waals surface area contributed by atoms with E-state index >= 15 is 0 Å². The van der Waals surface area contributed by atoms with Gasteiger partial charge in [-0.2, -0.15) is 5.10 Å². The standard InChI is InChI=1S/C21H25N3O5S/c1-15(2)16-7-9-18(10-8-16)24(30(3,26)27)14-20(25)23-22-13-17-5-4-6-19-21(17)29-12-11-28-19/h4-10,13,15H,11-12,14H2,1-3H3,(H,23,25)/b22-13-. The maximum Gasteiger partial charge on any atom is 0.260 e. The quantitative estimate of drug-likeness (QED) is 0.537. The molecular formula is C21H25N3O5S. The molecule has 2 aromatic carbocycles. The van der Waals surface area contributed by atoms with Crippen molar-refractivity contribution in [2.24, 2.45) is 5.10 Å². The molecule has 0 aliphatic carbocycles. The van der Waals surface area contributed by atoms with Crippen LogP contribution in [0.15, 0.2) is 47.6 Å². The highest BCUT2D eigenvalue weighted by molar-refractivity contribution is 7.92. The number of fused-ring (bicyclic) bond motifs is 1. The zero-order chi connectivity index (χ0) is 21.7. The number of sulfonamides is 1. The minimum Gasteiger partial charge on any atom is -0.486 e. The van der Waals surface area contributed by atoms with Gasteiger partial charge in [0.15, 0.2) is 11.5 Å². The van der Waals surface area contributed by atoms with E-state index in [1.54, 1.807) is 30.3 Å². The van der Waals surface area contributed by atoms with Gasteiger partial charge in [0.25, 0.3) is 5.91 Å². The molecule has 1 aliphatic heterocycles. The highest BCUT2D eigenvalue weighted by Gasteiger charge is 2.21. The third-order valence-electron chi connectivity index (χ3n) is 4.52. The van der Waals surface area contributed by atoms with Gasteiger partial charge in [-0.3, -0.25) is 9.10 Å². The number of nitrogens with zero attached hydrogens (tertiary/aromatic N) is 2. The first-order chi connectivity index (χ1) is 14.3. The second-order valence-electron chi connectivity index (χ2n) is 7.18. The first-order valence-corrected chi connectivity index (χ1v) is 11.4. The lowest BCUT2D eigenvalue weighted by Crippen LogP contribution is -2.39. The van der Waals surface area contributed by atoms with E-state index in [0.29, 0.717) is 41.9 Å². The normalized spacial score (nSPS) is 13.5. The van der Waals surface area contributed by atoms with Crippen molar-refractivity contribution < 1.29 is 22.7 Å². The first kappa shape index (κ1) is 21.6. The summed E-state index contributed by atoms with van der Waals surface area (Å²) in [7, 11) is -3.65. The number of benzene rings is 2. The monoisotopic (exact) mass is 431 g/mol. The zero-order valence-electron chi connectivity index (χ0n) is 17.2. The molecule has 160 valence electrons. The van der Waals surface area contributed by atoms with Gasteiger partial charge in [0.2, 0.25) is 10.0 Å². The van der Waals surface area contributed by atoms with Crippen LogP contribution in [0.4, 0.5) is 5.69 Å². The van der Waals surface area contributed by atoms with Gasteiger partial charge in [-0.1, -0.05) is 32.0 Å². The fraction of sp³-hybridized carbons (Fsp3) is 0.333. The van der Waals surface area contributed by atoms with Crippen molar-refractivity contribution in [2.75, 3.05) is 30.3 Å². The lowest BCUT2D eigenvalue weighted by atomic mass is 10.0. The summed E-state index contributed by atoms with van der Waals surface area (Å²) < 4.78 is 36.6. The molecule has 1 N–H and O–H groups in total. The Hall–Kier alpha value is -3.07. The van der Waals surface area contributed by atoms with E-state index < -0.39 is 15.9 Å². The second-order valence-corrected chi connectivity index (χ2v) is 9.09. The molecule has 2 aromatic rings. The number of nitrogens with one attached hydrogen (secondary N) is 1. The highest BCUT2D eigenvalue weighted by Crippen LogP contribution is 2.32. The topological polar surface area (TPSA) is 97.3 Å². The summed E-state index contributed by atoms with van der Waals surface area (Å²) in [5, 5.41) is 3.93. The Balaban J connectivity index is 1.69. The smallest absolute Gasteiger partial charge is 0.260 e. The number of rotatable bonds is 7. The zero-order valence-corrected chi connectivity index (χ0v) is 18.0. The third kappa shape index (κ3) is 5.29. The maximum absolute atomic E-state index is 12.3. The van der Waals surface area contributed by atoms with Gasteiger partial charge in [0.1, 0.15) is 19.8 Å². The summed E-state index contributed by atoms with van der Waals surface area (Å²) in [5.41, 5.74) is 4.52. The van der Waals surface area contributed by atoms with Crippen molar-refractivity contribution in [3.8, 4) is 11.5 Å². The average molecular weight is 432 g/mol. The number of amides is 1. The molecule has 0 bridgehead atoms. The van der Waals surface area contributed by atoms with E-state index in [9.17, 15) is 13.2 Å². The summed E-state index contributed by atoms with van der Waals surface area (Å²) in [6, 6.07) is 12.5. The predicted molar refractivity (Wildman–Crippen MR) is 116 cm³/mol. The molecule has 9 heteroatoms. The number of hydrazone groups is 1. The fourth-order valence-corrected chi connectivity index (χ4v) is 3.82. The number of hydrogen-bond donors (Lipinski definition) is 1. The lowest BCUT2D eigenvalue weighted by Gasteiger charge is -2.22. The molecule has 0 saturated carbocycles. The van der Waals surface area contributed by atoms with Crippen molar-refractivity contribution in [2.45, 2.75) is 19.8 Å². The van der Waals surface area contributed by atoms with Gasteiger partial charge in [-0.25, -0.2) is 13.8 Å². The average Bonchev–Trinajstić information content (AvgIpc) is 2.71. The van der Waals surface area contributed by atoms with Crippen LogP contribution in [0.3, 0.4) is 0 Å². The van der Waals surface area contributed by atoms with Crippen molar-refractivity contribution in [1.82, 2.24) is 5.43 Å². The molecule has 8 nitrogen and oxygen atoms in total. The second kappa shape index (κ2) is 9.17. The number of anilines is 1. The largest absolute Gasteiger partial charge is 0.486 e. The Kier molecular flexibility index (Phi) is 6.61. The summed E-state index contributed by atoms with van der Waals surface area (Å²) in [6.45, 7) is 4.63. The van der Waals surface area contributed by atoms with Gasteiger partial charge >= 0.3 is 0 Å². The van der Waals surface area contributed by atoms with E-state index in [4.69, 9.17) is 9.47 Å². The number of para-hydroxylation sites is 1. The summed E-state index contributed by atoms with van der Waals surface area (Å²) in [6.07, 6.45) is 2.50. The van der Waals surface area contributed by atoms with Crippen LogP contribution in [-0.2, 0) is 14.8 Å². The molecule has 1 amide bonds. The fourth-order valence-electron chi connectivity index (χ4n) is 2.96. The molecule has 0 spiro atoms. The molecule has 0 atom stereocenters. The Labute approximate surface area is 176 Å². The Morgan fingerprint density at radius 3 is 2.53 bits per heavy atom. The lowest BCUT2D eigenvalue weighted by molar-refractivity contribution is -0.119. The van der Waals surface area contributed by atoms with Crippen molar-refractivity contribution in [1.29, 1.82) is 0 Å². The van der Waals surface area contributed by atoms with Crippen LogP contribution >= 0.6 is 0 Å². The van der Waals surface area contributed by atoms with Crippen LogP contribution in [0.25, 0.3) is 0 Å². The van der Waals surface area contributed by atoms with E-state index in [1.165, 1.54) is 6.21 Å². The molecule has 0 unspecified atom stereocenters. The minimum atomic E-state index is -3.65. The molecule has 1 aliphatic rings. The molecular weight excluding hydrogens is 406 g/mol. The molecule has 0 radical (unpaired) electrons. The SMILES string of the molecule is CC(C)c1ccc(N(CC(=O)N/N=C\c2cccc3c2OCCO3)S(C)(=O)=O)cc1. The van der Waals surface area contributed by atoms with E-state index in [-0.39, 0.29) is 6.54 Å². The summed E-state index contributed by atoms with van der Waals surface area (Å²) >= 11 is 0. The van der Waals surface area contributed by atoms with E-state index in [1.807, 2.05) is 12.1 Å². The third-order valence-corrected chi connectivity index (χ3v) is 5.67. The molecule has 0 fully saturated rings. The Bertz CT molecular complexity index is 1030. The van der Waals surface area contributed by atoms with Crippen molar-refractivity contribution >= 4 is 27.8 Å². The molecule has 0 saturated heterocycles. The van der Waals surface area contributed by atoms with E-state index in [0.717, 1.165) is 16.1 Å². The van der Waals surface area contributed by atoms with Gasteiger partial charge in [-0.15, -0.1) is 0 Å². The Morgan fingerprint density at radius 1 is 1.17 bits per heavy atom. The van der Waals surface area contributed by atoms with Gasteiger partial charge in [0.05, 0.1) is 18.2 Å². The van der Waals surface area contributed by atoms with Crippen LogP contribution in [0.1, 0.15) is 30.9 Å². The molecule has 1 heterocycles. The van der Waals surface area contributed by atoms with Crippen molar-refractivity contribution in [3.63, 3.8) is 0 Å². The first-order valence-electron chi connectivity index (χ1n) is 9.54. The predicted octanol–water partition coefficient (Wildman–Crippen LogP) is 2.50.